The monoisotopic (exact) mass is 282 g/mol. The van der Waals surface area contributed by atoms with Crippen molar-refractivity contribution in [2.24, 2.45) is 0 Å². The largest absolute Gasteiger partial charge is 0.377 e. The Morgan fingerprint density at radius 3 is 2.55 bits per heavy atom. The third-order valence-electron chi connectivity index (χ3n) is 4.54. The molecular weight excluding hydrogens is 256 g/mol. The van der Waals surface area contributed by atoms with Crippen molar-refractivity contribution in [1.82, 2.24) is 9.80 Å². The predicted octanol–water partition coefficient (Wildman–Crippen LogP) is 0.877. The SMILES string of the molecule is CCN1CC2(CN(CCOC(C)C)C2)OC2(CC2)C1=O. The highest BCUT2D eigenvalue weighted by Gasteiger charge is 2.63. The normalized spacial score (nSPS) is 27.4. The van der Waals surface area contributed by atoms with Crippen molar-refractivity contribution < 1.29 is 14.3 Å². The van der Waals surface area contributed by atoms with E-state index < -0.39 is 5.60 Å². The average molecular weight is 282 g/mol. The van der Waals surface area contributed by atoms with Gasteiger partial charge in [-0.2, -0.15) is 0 Å². The van der Waals surface area contributed by atoms with Crippen molar-refractivity contribution >= 4 is 5.91 Å². The Morgan fingerprint density at radius 1 is 1.30 bits per heavy atom. The second-order valence-corrected chi connectivity index (χ2v) is 6.73. The first-order chi connectivity index (χ1) is 9.49. The summed E-state index contributed by atoms with van der Waals surface area (Å²) in [6.07, 6.45) is 2.10. The molecule has 0 unspecified atom stereocenters. The van der Waals surface area contributed by atoms with E-state index in [0.29, 0.717) is 6.10 Å². The van der Waals surface area contributed by atoms with Crippen LogP contribution < -0.4 is 0 Å². The Bertz CT molecular complexity index is 387. The zero-order valence-corrected chi connectivity index (χ0v) is 12.9. The van der Waals surface area contributed by atoms with E-state index in [-0.39, 0.29) is 11.5 Å². The van der Waals surface area contributed by atoms with E-state index in [0.717, 1.165) is 52.2 Å². The van der Waals surface area contributed by atoms with Gasteiger partial charge in [0.15, 0.2) is 0 Å². The summed E-state index contributed by atoms with van der Waals surface area (Å²) in [4.78, 5) is 16.6. The standard InChI is InChI=1S/C15H26N2O3/c1-4-17-11-14(20-15(5-6-15)13(17)18)9-16(10-14)7-8-19-12(2)3/h12H,4-11H2,1-3H3. The van der Waals surface area contributed by atoms with Gasteiger partial charge in [-0.15, -0.1) is 0 Å². The van der Waals surface area contributed by atoms with Crippen LogP contribution in [-0.2, 0) is 14.3 Å². The number of carbonyl (C=O) groups excluding carboxylic acids is 1. The molecule has 2 saturated heterocycles. The number of hydrogen-bond donors (Lipinski definition) is 0. The number of nitrogens with zero attached hydrogens (tertiary/aromatic N) is 2. The van der Waals surface area contributed by atoms with Crippen LogP contribution >= 0.6 is 0 Å². The third-order valence-corrected chi connectivity index (χ3v) is 4.54. The Hall–Kier alpha value is -0.650. The molecule has 2 aliphatic heterocycles. The Kier molecular flexibility index (Phi) is 3.55. The van der Waals surface area contributed by atoms with Gasteiger partial charge in [0.25, 0.3) is 5.91 Å². The van der Waals surface area contributed by atoms with Gasteiger partial charge in [0.2, 0.25) is 0 Å². The molecule has 5 nitrogen and oxygen atoms in total. The summed E-state index contributed by atoms with van der Waals surface area (Å²) < 4.78 is 11.8. The Labute approximate surface area is 121 Å². The van der Waals surface area contributed by atoms with Crippen molar-refractivity contribution in [2.45, 2.75) is 50.9 Å². The van der Waals surface area contributed by atoms with E-state index in [9.17, 15) is 4.79 Å². The number of rotatable bonds is 5. The lowest BCUT2D eigenvalue weighted by atomic mass is 9.90. The van der Waals surface area contributed by atoms with Gasteiger partial charge in [-0.25, -0.2) is 0 Å². The summed E-state index contributed by atoms with van der Waals surface area (Å²) in [7, 11) is 0. The van der Waals surface area contributed by atoms with Gasteiger partial charge in [0.1, 0.15) is 11.2 Å². The second kappa shape index (κ2) is 4.97. The van der Waals surface area contributed by atoms with Crippen molar-refractivity contribution in [2.75, 3.05) is 39.3 Å². The molecular formula is C15H26N2O3. The second-order valence-electron chi connectivity index (χ2n) is 6.73. The van der Waals surface area contributed by atoms with E-state index in [2.05, 4.69) is 25.7 Å². The van der Waals surface area contributed by atoms with Crippen LogP contribution in [0.2, 0.25) is 0 Å². The van der Waals surface area contributed by atoms with Gasteiger partial charge in [0.05, 0.1) is 19.3 Å². The number of carbonyl (C=O) groups is 1. The van der Waals surface area contributed by atoms with Gasteiger partial charge in [0, 0.05) is 26.2 Å². The lowest BCUT2D eigenvalue weighted by molar-refractivity contribution is -0.226. The first kappa shape index (κ1) is 14.3. The molecule has 3 fully saturated rings. The molecule has 0 atom stereocenters. The molecule has 1 saturated carbocycles. The molecule has 0 aromatic heterocycles. The van der Waals surface area contributed by atoms with Gasteiger partial charge in [-0.1, -0.05) is 0 Å². The molecule has 2 heterocycles. The van der Waals surface area contributed by atoms with Gasteiger partial charge in [-0.05, 0) is 33.6 Å². The van der Waals surface area contributed by atoms with Crippen LogP contribution in [0, 0.1) is 0 Å². The topological polar surface area (TPSA) is 42.0 Å². The van der Waals surface area contributed by atoms with Crippen molar-refractivity contribution in [3.05, 3.63) is 0 Å². The minimum atomic E-state index is -0.450. The maximum absolute atomic E-state index is 12.3. The van der Waals surface area contributed by atoms with Gasteiger partial charge < -0.3 is 14.4 Å². The Morgan fingerprint density at radius 2 is 2.00 bits per heavy atom. The van der Waals surface area contributed by atoms with E-state index in [1.807, 2.05) is 4.90 Å². The first-order valence-electron chi connectivity index (χ1n) is 7.82. The summed E-state index contributed by atoms with van der Waals surface area (Å²) in [5.41, 5.74) is -0.562. The van der Waals surface area contributed by atoms with Crippen LogP contribution in [0.3, 0.4) is 0 Å². The number of amides is 1. The summed E-state index contributed by atoms with van der Waals surface area (Å²) in [5.74, 6) is 0.215. The van der Waals surface area contributed by atoms with Crippen LogP contribution in [0.1, 0.15) is 33.6 Å². The molecule has 20 heavy (non-hydrogen) atoms. The summed E-state index contributed by atoms with van der Waals surface area (Å²) >= 11 is 0. The van der Waals surface area contributed by atoms with Crippen LogP contribution in [0.5, 0.6) is 0 Å². The molecule has 0 aromatic rings. The Balaban J connectivity index is 1.53. The number of likely N-dealkylation sites (N-methyl/N-ethyl adjacent to an activating group) is 1. The zero-order chi connectivity index (χ0) is 14.4. The van der Waals surface area contributed by atoms with Crippen LogP contribution in [-0.4, -0.2) is 72.3 Å². The first-order valence-corrected chi connectivity index (χ1v) is 7.82. The minimum Gasteiger partial charge on any atom is -0.377 e. The fraction of sp³-hybridized carbons (Fsp3) is 0.933. The van der Waals surface area contributed by atoms with E-state index >= 15 is 0 Å². The maximum atomic E-state index is 12.3. The van der Waals surface area contributed by atoms with E-state index in [1.165, 1.54) is 0 Å². The highest BCUT2D eigenvalue weighted by Crippen LogP contribution is 2.49. The smallest absolute Gasteiger partial charge is 0.254 e. The molecule has 3 aliphatic rings. The number of likely N-dealkylation sites (tertiary alicyclic amines) is 1. The summed E-state index contributed by atoms with van der Waals surface area (Å²) in [6, 6.07) is 0. The van der Waals surface area contributed by atoms with E-state index in [4.69, 9.17) is 9.47 Å². The van der Waals surface area contributed by atoms with Gasteiger partial charge in [-0.3, -0.25) is 9.69 Å². The lowest BCUT2D eigenvalue weighted by Crippen LogP contribution is -2.73. The van der Waals surface area contributed by atoms with Crippen molar-refractivity contribution in [1.29, 1.82) is 0 Å². The zero-order valence-electron chi connectivity index (χ0n) is 12.9. The molecule has 114 valence electrons. The molecule has 0 radical (unpaired) electrons. The van der Waals surface area contributed by atoms with Crippen molar-refractivity contribution in [3.8, 4) is 0 Å². The number of morpholine rings is 1. The predicted molar refractivity (Wildman–Crippen MR) is 75.6 cm³/mol. The molecule has 3 rings (SSSR count). The third kappa shape index (κ3) is 2.47. The summed E-state index contributed by atoms with van der Waals surface area (Å²) in [5, 5.41) is 0. The fourth-order valence-corrected chi connectivity index (χ4v) is 3.39. The van der Waals surface area contributed by atoms with Crippen molar-refractivity contribution in [3.63, 3.8) is 0 Å². The average Bonchev–Trinajstić information content (AvgIpc) is 3.11. The quantitative estimate of drug-likeness (QED) is 0.750. The lowest BCUT2D eigenvalue weighted by Gasteiger charge is -2.55. The number of ether oxygens (including phenoxy) is 2. The maximum Gasteiger partial charge on any atom is 0.254 e. The fourth-order valence-electron chi connectivity index (χ4n) is 3.39. The molecule has 0 bridgehead atoms. The summed E-state index contributed by atoms with van der Waals surface area (Å²) in [6.45, 7) is 11.3. The van der Waals surface area contributed by atoms with Crippen LogP contribution in [0.25, 0.3) is 0 Å². The van der Waals surface area contributed by atoms with Crippen LogP contribution in [0.4, 0.5) is 0 Å². The highest BCUT2D eigenvalue weighted by atomic mass is 16.5. The van der Waals surface area contributed by atoms with Gasteiger partial charge >= 0.3 is 0 Å². The molecule has 0 aromatic carbocycles. The molecule has 0 N–H and O–H groups in total. The highest BCUT2D eigenvalue weighted by molar-refractivity contribution is 5.89. The van der Waals surface area contributed by atoms with E-state index in [1.54, 1.807) is 0 Å². The molecule has 1 amide bonds. The molecule has 2 spiro atoms. The number of hydrogen-bond acceptors (Lipinski definition) is 4. The van der Waals surface area contributed by atoms with Crippen LogP contribution in [0.15, 0.2) is 0 Å². The molecule has 5 heteroatoms. The molecule has 1 aliphatic carbocycles. The minimum absolute atomic E-state index is 0.113.